The van der Waals surface area contributed by atoms with Crippen molar-refractivity contribution in [2.45, 2.75) is 57.3 Å². The van der Waals surface area contributed by atoms with Gasteiger partial charge in [-0.25, -0.2) is 4.79 Å². The van der Waals surface area contributed by atoms with Gasteiger partial charge in [-0.05, 0) is 55.4 Å². The summed E-state index contributed by atoms with van der Waals surface area (Å²) < 4.78 is 6.07. The van der Waals surface area contributed by atoms with Crippen LogP contribution in [0.3, 0.4) is 0 Å². The number of nitrogens with zero attached hydrogens (tertiary/aromatic N) is 1. The molecule has 0 spiro atoms. The minimum Gasteiger partial charge on any atom is -0.443 e. The second-order valence-electron chi connectivity index (χ2n) is 10.5. The average molecular weight is 505 g/mol. The summed E-state index contributed by atoms with van der Waals surface area (Å²) in [7, 11) is 0. The molecular weight excluding hydrogens is 468 g/mol. The molecule has 4 aromatic rings. The van der Waals surface area contributed by atoms with Crippen LogP contribution in [-0.2, 0) is 17.8 Å². The van der Waals surface area contributed by atoms with Crippen molar-refractivity contribution < 1.29 is 9.53 Å². The van der Waals surface area contributed by atoms with Crippen LogP contribution in [-0.4, -0.2) is 22.6 Å². The number of benzene rings is 4. The van der Waals surface area contributed by atoms with Gasteiger partial charge in [-0.3, -0.25) is 10.2 Å². The van der Waals surface area contributed by atoms with E-state index in [1.807, 2.05) is 54.6 Å². The van der Waals surface area contributed by atoms with Crippen LogP contribution in [0, 0.1) is 0 Å². The predicted molar refractivity (Wildman–Crippen MR) is 155 cm³/mol. The number of amides is 1. The van der Waals surface area contributed by atoms with E-state index in [9.17, 15) is 4.79 Å². The number of ether oxygens (including phenoxy) is 1. The third-order valence-corrected chi connectivity index (χ3v) is 7.57. The molecule has 5 rings (SSSR count). The third kappa shape index (κ3) is 6.70. The molecule has 1 amide bonds. The SMILES string of the molecule is CC1(OC(=O)Nc2ccccc2-c2ccccc2)CCC(N(Cc2ccccc2)Cc2ccccc2)CC1. The Morgan fingerprint density at radius 1 is 0.763 bits per heavy atom. The molecule has 0 saturated heterocycles. The highest BCUT2D eigenvalue weighted by molar-refractivity contribution is 5.91. The molecule has 1 aliphatic carbocycles. The summed E-state index contributed by atoms with van der Waals surface area (Å²) in [5, 5.41) is 3.01. The Morgan fingerprint density at radius 2 is 1.26 bits per heavy atom. The first-order valence-electron chi connectivity index (χ1n) is 13.5. The highest BCUT2D eigenvalue weighted by atomic mass is 16.6. The first-order chi connectivity index (χ1) is 18.6. The number of carbonyl (C=O) groups is 1. The van der Waals surface area contributed by atoms with Gasteiger partial charge in [-0.1, -0.05) is 109 Å². The lowest BCUT2D eigenvalue weighted by molar-refractivity contribution is -0.0181. The highest BCUT2D eigenvalue weighted by Gasteiger charge is 2.36. The molecule has 1 saturated carbocycles. The normalized spacial score (nSPS) is 19.2. The Hall–Kier alpha value is -3.89. The van der Waals surface area contributed by atoms with E-state index in [0.717, 1.165) is 55.6 Å². The molecule has 1 fully saturated rings. The maximum Gasteiger partial charge on any atom is 0.412 e. The van der Waals surface area contributed by atoms with Crippen LogP contribution in [0.25, 0.3) is 11.1 Å². The molecule has 38 heavy (non-hydrogen) atoms. The van der Waals surface area contributed by atoms with Gasteiger partial charge in [0.05, 0.1) is 5.69 Å². The molecule has 0 unspecified atom stereocenters. The summed E-state index contributed by atoms with van der Waals surface area (Å²) in [6, 6.07) is 39.8. The molecule has 1 aliphatic rings. The molecule has 0 bridgehead atoms. The molecule has 4 aromatic carbocycles. The monoisotopic (exact) mass is 504 g/mol. The van der Waals surface area contributed by atoms with Crippen LogP contribution in [0.4, 0.5) is 10.5 Å². The van der Waals surface area contributed by atoms with E-state index in [4.69, 9.17) is 4.74 Å². The summed E-state index contributed by atoms with van der Waals surface area (Å²) in [6.45, 7) is 3.90. The Bertz CT molecular complexity index is 1260. The van der Waals surface area contributed by atoms with E-state index in [1.165, 1.54) is 11.1 Å². The van der Waals surface area contributed by atoms with E-state index in [-0.39, 0.29) is 6.09 Å². The fraction of sp³-hybridized carbons (Fsp3) is 0.265. The van der Waals surface area contributed by atoms with Crippen LogP contribution >= 0.6 is 0 Å². The Kier molecular flexibility index (Phi) is 8.20. The fourth-order valence-electron chi connectivity index (χ4n) is 5.45. The lowest BCUT2D eigenvalue weighted by Crippen LogP contribution is -2.44. The van der Waals surface area contributed by atoms with Gasteiger partial charge in [-0.15, -0.1) is 0 Å². The van der Waals surface area contributed by atoms with Crippen molar-refractivity contribution in [1.29, 1.82) is 0 Å². The molecule has 0 aliphatic heterocycles. The largest absolute Gasteiger partial charge is 0.443 e. The minimum atomic E-state index is -0.479. The van der Waals surface area contributed by atoms with Gasteiger partial charge in [0.25, 0.3) is 0 Å². The van der Waals surface area contributed by atoms with Crippen molar-refractivity contribution in [3.63, 3.8) is 0 Å². The molecule has 0 atom stereocenters. The van der Waals surface area contributed by atoms with Gasteiger partial charge in [0.15, 0.2) is 0 Å². The molecule has 0 radical (unpaired) electrons. The van der Waals surface area contributed by atoms with Crippen molar-refractivity contribution >= 4 is 11.8 Å². The van der Waals surface area contributed by atoms with E-state index >= 15 is 0 Å². The molecular formula is C34H36N2O2. The smallest absolute Gasteiger partial charge is 0.412 e. The van der Waals surface area contributed by atoms with E-state index in [2.05, 4.69) is 77.8 Å². The van der Waals surface area contributed by atoms with Crippen molar-refractivity contribution in [3.05, 3.63) is 126 Å². The van der Waals surface area contributed by atoms with Crippen LogP contribution < -0.4 is 5.32 Å². The van der Waals surface area contributed by atoms with E-state index in [0.29, 0.717) is 6.04 Å². The lowest BCUT2D eigenvalue weighted by Gasteiger charge is -2.41. The third-order valence-electron chi connectivity index (χ3n) is 7.57. The number of anilines is 1. The van der Waals surface area contributed by atoms with Crippen molar-refractivity contribution in [1.82, 2.24) is 4.90 Å². The Balaban J connectivity index is 1.22. The summed E-state index contributed by atoms with van der Waals surface area (Å²) in [4.78, 5) is 15.6. The van der Waals surface area contributed by atoms with E-state index < -0.39 is 5.60 Å². The van der Waals surface area contributed by atoms with Crippen molar-refractivity contribution in [2.24, 2.45) is 0 Å². The minimum absolute atomic E-state index is 0.389. The van der Waals surface area contributed by atoms with Crippen LogP contribution in [0.1, 0.15) is 43.7 Å². The average Bonchev–Trinajstić information content (AvgIpc) is 2.95. The highest BCUT2D eigenvalue weighted by Crippen LogP contribution is 2.36. The predicted octanol–water partition coefficient (Wildman–Crippen LogP) is 8.31. The van der Waals surface area contributed by atoms with Crippen molar-refractivity contribution in [2.75, 3.05) is 5.32 Å². The molecule has 0 aromatic heterocycles. The molecule has 0 heterocycles. The van der Waals surface area contributed by atoms with Crippen molar-refractivity contribution in [3.8, 4) is 11.1 Å². The summed E-state index contributed by atoms with van der Waals surface area (Å²) in [5.41, 5.74) is 4.98. The number of rotatable bonds is 8. The van der Waals surface area contributed by atoms with Crippen LogP contribution in [0.15, 0.2) is 115 Å². The van der Waals surface area contributed by atoms with Crippen LogP contribution in [0.5, 0.6) is 0 Å². The maximum atomic E-state index is 13.0. The van der Waals surface area contributed by atoms with E-state index in [1.54, 1.807) is 0 Å². The van der Waals surface area contributed by atoms with Gasteiger partial charge in [-0.2, -0.15) is 0 Å². The number of carbonyl (C=O) groups excluding carboxylic acids is 1. The zero-order valence-electron chi connectivity index (χ0n) is 22.1. The zero-order chi connectivity index (χ0) is 26.2. The maximum absolute atomic E-state index is 13.0. The molecule has 4 nitrogen and oxygen atoms in total. The standard InChI is InChI=1S/C34H36N2O2/c1-34(38-33(37)35-32-20-12-11-19-31(32)29-17-9-4-10-18-29)23-21-30(22-24-34)36(25-27-13-5-2-6-14-27)26-28-15-7-3-8-16-28/h2-20,30H,21-26H2,1H3,(H,35,37). The second kappa shape index (κ2) is 12.1. The molecule has 1 N–H and O–H groups in total. The topological polar surface area (TPSA) is 41.6 Å². The fourth-order valence-corrected chi connectivity index (χ4v) is 5.45. The quantitative estimate of drug-likeness (QED) is 0.262. The summed E-state index contributed by atoms with van der Waals surface area (Å²) in [5.74, 6) is 0. The Labute approximate surface area is 226 Å². The zero-order valence-corrected chi connectivity index (χ0v) is 22.1. The summed E-state index contributed by atoms with van der Waals surface area (Å²) in [6.07, 6.45) is 3.27. The van der Waals surface area contributed by atoms with Gasteiger partial charge < -0.3 is 4.74 Å². The Morgan fingerprint density at radius 3 is 1.84 bits per heavy atom. The molecule has 194 valence electrons. The van der Waals surface area contributed by atoms with Crippen LogP contribution in [0.2, 0.25) is 0 Å². The van der Waals surface area contributed by atoms with Gasteiger partial charge in [0.2, 0.25) is 0 Å². The van der Waals surface area contributed by atoms with Gasteiger partial charge in [0, 0.05) is 24.7 Å². The van der Waals surface area contributed by atoms with Gasteiger partial charge in [0.1, 0.15) is 5.60 Å². The number of hydrogen-bond donors (Lipinski definition) is 1. The number of hydrogen-bond acceptors (Lipinski definition) is 3. The molecule has 4 heteroatoms. The first kappa shape index (κ1) is 25.7. The number of nitrogens with one attached hydrogen (secondary N) is 1. The second-order valence-corrected chi connectivity index (χ2v) is 10.5. The summed E-state index contributed by atoms with van der Waals surface area (Å²) >= 11 is 0. The van der Waals surface area contributed by atoms with Gasteiger partial charge >= 0.3 is 6.09 Å². The lowest BCUT2D eigenvalue weighted by atomic mass is 9.82. The number of para-hydroxylation sites is 1. The first-order valence-corrected chi connectivity index (χ1v) is 13.5.